The standard InChI is InChI=1S/C49H65N11O8S/c1-29(2)23-39(44(62)56-38(48(66)67)20-22-69(4)68)57-45(63)40(25-31-27-54-36-18-10-8-15-33(31)36)58-46(64)42(24-30-13-6-5-7-14-30)60(3)47(65)41(26-32-28-55-37-19-11-9-16-34(32)37)59-43(61)35(50)17-12-21-53-49(51)52/h5-11,13-16,18-19,27-29,35,38-42,54-55H,12,17,20-26,50H2,1-4H3,(H,56,62)(H,57,63)(H,58,64)(H,59,61)(H,66,67)(H4,51,52,53)/t35-,38-,39-,40+,41+,42-,69?/m0/s1. The number of fused-ring (bicyclic) bond motifs is 2. The van der Waals surface area contributed by atoms with Gasteiger partial charge in [-0.05, 0) is 60.4 Å². The van der Waals surface area contributed by atoms with Crippen molar-refractivity contribution in [1.82, 2.24) is 36.1 Å². The molecule has 5 rings (SSSR count). The zero-order valence-electron chi connectivity index (χ0n) is 39.4. The van der Waals surface area contributed by atoms with Crippen molar-refractivity contribution >= 4 is 74.1 Å². The van der Waals surface area contributed by atoms with Crippen LogP contribution in [0.25, 0.3) is 21.8 Å². The first kappa shape index (κ1) is 52.9. The topological polar surface area (TPSA) is 313 Å². The Morgan fingerprint density at radius 1 is 0.696 bits per heavy atom. The molecule has 2 heterocycles. The molecule has 370 valence electrons. The molecule has 19 nitrogen and oxygen atoms in total. The van der Waals surface area contributed by atoms with Crippen LogP contribution in [0.5, 0.6) is 0 Å². The Kier molecular flexibility index (Phi) is 19.4. The van der Waals surface area contributed by atoms with Gasteiger partial charge in [0.15, 0.2) is 5.96 Å². The predicted molar refractivity (Wildman–Crippen MR) is 267 cm³/mol. The lowest BCUT2D eigenvalue weighted by Crippen LogP contribution is -2.60. The molecule has 69 heavy (non-hydrogen) atoms. The third kappa shape index (κ3) is 15.5. The fourth-order valence-corrected chi connectivity index (χ4v) is 8.65. The van der Waals surface area contributed by atoms with Crippen molar-refractivity contribution in [3.63, 3.8) is 0 Å². The SMILES string of the molecule is CC(C)C[C@H](NC(=O)[C@@H](Cc1c[nH]c2ccccc12)NC(=O)[C@H](Cc1ccccc1)N(C)C(=O)[C@@H](Cc1c[nH]c2ccccc12)NC(=O)[C@@H](N)CCCN=C(N)N)C(=O)N[C@@H](CCS(C)=O)C(=O)O. The molecule has 5 amide bonds. The summed E-state index contributed by atoms with van der Waals surface area (Å²) in [5.74, 6) is -4.91. The number of aromatic nitrogens is 2. The molecule has 0 aliphatic carbocycles. The number of guanidine groups is 1. The molecule has 5 aromatic rings. The predicted octanol–water partition coefficient (Wildman–Crippen LogP) is 1.72. The Bertz CT molecular complexity index is 2610. The normalized spacial score (nSPS) is 14.4. The summed E-state index contributed by atoms with van der Waals surface area (Å²) in [5.41, 5.74) is 20.9. The zero-order chi connectivity index (χ0) is 50.2. The number of hydrogen-bond donors (Lipinski definition) is 10. The molecule has 1 unspecified atom stereocenters. The molecule has 0 spiro atoms. The van der Waals surface area contributed by atoms with Crippen molar-refractivity contribution in [2.45, 2.75) is 95.0 Å². The lowest BCUT2D eigenvalue weighted by atomic mass is 9.98. The second-order valence-electron chi connectivity index (χ2n) is 17.6. The first-order valence-electron chi connectivity index (χ1n) is 22.9. The molecule has 7 atom stereocenters. The number of carbonyl (C=O) groups excluding carboxylic acids is 5. The minimum absolute atomic E-state index is 0.00585. The maximum atomic E-state index is 15.0. The molecule has 0 bridgehead atoms. The number of nitrogens with one attached hydrogen (secondary N) is 6. The fourth-order valence-electron chi connectivity index (χ4n) is 8.08. The van der Waals surface area contributed by atoms with E-state index in [1.165, 1.54) is 18.2 Å². The Labute approximate surface area is 403 Å². The summed E-state index contributed by atoms with van der Waals surface area (Å²) >= 11 is 0. The molecule has 0 radical (unpaired) electrons. The van der Waals surface area contributed by atoms with E-state index < -0.39 is 82.6 Å². The molecular formula is C49H65N11O8S. The maximum absolute atomic E-state index is 15.0. The van der Waals surface area contributed by atoms with E-state index in [1.54, 1.807) is 36.7 Å². The van der Waals surface area contributed by atoms with Gasteiger partial charge in [-0.1, -0.05) is 80.6 Å². The van der Waals surface area contributed by atoms with Crippen molar-refractivity contribution in [2.75, 3.05) is 25.6 Å². The minimum atomic E-state index is -1.36. The van der Waals surface area contributed by atoms with E-state index in [9.17, 15) is 38.1 Å². The summed E-state index contributed by atoms with van der Waals surface area (Å²) in [6, 6.07) is 16.6. The van der Waals surface area contributed by atoms with Crippen molar-refractivity contribution in [2.24, 2.45) is 28.1 Å². The number of para-hydroxylation sites is 2. The van der Waals surface area contributed by atoms with E-state index in [2.05, 4.69) is 36.2 Å². The van der Waals surface area contributed by atoms with Gasteiger partial charge < -0.3 is 58.4 Å². The van der Waals surface area contributed by atoms with Crippen LogP contribution < -0.4 is 38.5 Å². The summed E-state index contributed by atoms with van der Waals surface area (Å²) in [5, 5.41) is 22.6. The molecule has 0 saturated carbocycles. The van der Waals surface area contributed by atoms with E-state index in [1.807, 2.05) is 68.4 Å². The number of likely N-dealkylation sites (N-methyl/N-ethyl adjacent to an activating group) is 1. The van der Waals surface area contributed by atoms with Gasteiger partial charge in [0.25, 0.3) is 0 Å². The number of nitrogens with two attached hydrogens (primary N) is 3. The second kappa shape index (κ2) is 25.3. The van der Waals surface area contributed by atoms with Gasteiger partial charge >= 0.3 is 5.97 Å². The van der Waals surface area contributed by atoms with Gasteiger partial charge in [-0.25, -0.2) is 4.79 Å². The highest BCUT2D eigenvalue weighted by atomic mass is 32.2. The minimum Gasteiger partial charge on any atom is -0.480 e. The highest BCUT2D eigenvalue weighted by molar-refractivity contribution is 7.84. The number of carbonyl (C=O) groups is 6. The van der Waals surface area contributed by atoms with Crippen LogP contribution in [0.4, 0.5) is 0 Å². The third-order valence-corrected chi connectivity index (χ3v) is 12.6. The second-order valence-corrected chi connectivity index (χ2v) is 19.2. The lowest BCUT2D eigenvalue weighted by Gasteiger charge is -2.33. The highest BCUT2D eigenvalue weighted by Gasteiger charge is 2.37. The molecule has 20 heteroatoms. The smallest absolute Gasteiger partial charge is 0.326 e. The Morgan fingerprint density at radius 3 is 1.78 bits per heavy atom. The van der Waals surface area contributed by atoms with Crippen molar-refractivity contribution in [3.05, 3.63) is 108 Å². The molecule has 0 saturated heterocycles. The maximum Gasteiger partial charge on any atom is 0.326 e. The molecule has 2 aromatic heterocycles. The van der Waals surface area contributed by atoms with Gasteiger partial charge in [0.1, 0.15) is 30.2 Å². The number of aliphatic carboxylic acids is 1. The third-order valence-electron chi connectivity index (χ3n) is 11.8. The molecule has 13 N–H and O–H groups in total. The number of H-pyrrole nitrogens is 2. The Morgan fingerprint density at radius 2 is 1.22 bits per heavy atom. The molecule has 0 fully saturated rings. The van der Waals surface area contributed by atoms with E-state index in [-0.39, 0.29) is 62.7 Å². The largest absolute Gasteiger partial charge is 0.480 e. The lowest BCUT2D eigenvalue weighted by molar-refractivity contribution is -0.143. The van der Waals surface area contributed by atoms with Crippen LogP contribution in [-0.4, -0.2) is 128 Å². The first-order chi connectivity index (χ1) is 32.9. The number of hydrogen-bond acceptors (Lipinski definition) is 9. The molecular weight excluding hydrogens is 903 g/mol. The fraction of sp³-hybridized carbons (Fsp3) is 0.408. The highest BCUT2D eigenvalue weighted by Crippen LogP contribution is 2.22. The number of aliphatic imine (C=N–C) groups is 1. The quantitative estimate of drug-likeness (QED) is 0.0216. The summed E-state index contributed by atoms with van der Waals surface area (Å²) in [7, 11) is 0.143. The van der Waals surface area contributed by atoms with Crippen molar-refractivity contribution in [1.29, 1.82) is 0 Å². The van der Waals surface area contributed by atoms with Crippen LogP contribution in [-0.2, 0) is 58.8 Å². The molecule has 0 aliphatic rings. The number of benzene rings is 3. The van der Waals surface area contributed by atoms with E-state index in [4.69, 9.17) is 17.2 Å². The first-order valence-corrected chi connectivity index (χ1v) is 24.6. The van der Waals surface area contributed by atoms with Gasteiger partial charge in [0.2, 0.25) is 29.5 Å². The summed E-state index contributed by atoms with van der Waals surface area (Å²) in [6.07, 6.45) is 5.54. The molecule has 3 aromatic carbocycles. The number of aromatic amines is 2. The zero-order valence-corrected chi connectivity index (χ0v) is 40.2. The number of carboxylic acids is 1. The van der Waals surface area contributed by atoms with Crippen LogP contribution in [0.3, 0.4) is 0 Å². The van der Waals surface area contributed by atoms with Crippen LogP contribution in [0.2, 0.25) is 0 Å². The summed E-state index contributed by atoms with van der Waals surface area (Å²) in [4.78, 5) is 95.8. The monoisotopic (exact) mass is 967 g/mol. The van der Waals surface area contributed by atoms with Gasteiger partial charge in [-0.15, -0.1) is 0 Å². The summed E-state index contributed by atoms with van der Waals surface area (Å²) < 4.78 is 11.8. The Balaban J connectivity index is 1.48. The van der Waals surface area contributed by atoms with Crippen LogP contribution in [0, 0.1) is 5.92 Å². The van der Waals surface area contributed by atoms with Crippen molar-refractivity contribution < 1.29 is 38.1 Å². The van der Waals surface area contributed by atoms with E-state index in [0.717, 1.165) is 27.4 Å². The van der Waals surface area contributed by atoms with Gasteiger partial charge in [0.05, 0.1) is 6.04 Å². The van der Waals surface area contributed by atoms with Crippen LogP contribution in [0.15, 0.2) is 96.2 Å². The van der Waals surface area contributed by atoms with E-state index >= 15 is 0 Å². The number of rotatable bonds is 26. The van der Waals surface area contributed by atoms with Crippen molar-refractivity contribution in [3.8, 4) is 0 Å². The van der Waals surface area contributed by atoms with Gasteiger partial charge in [-0.3, -0.25) is 33.2 Å². The van der Waals surface area contributed by atoms with Crippen LogP contribution >= 0.6 is 0 Å². The number of amides is 5. The number of nitrogens with zero attached hydrogens (tertiary/aromatic N) is 2. The van der Waals surface area contributed by atoms with Gasteiger partial charge in [0, 0.05) is 89.9 Å². The molecule has 0 aliphatic heterocycles. The average Bonchev–Trinajstić information content (AvgIpc) is 3.93. The summed E-state index contributed by atoms with van der Waals surface area (Å²) in [6.45, 7) is 3.93. The average molecular weight is 968 g/mol. The van der Waals surface area contributed by atoms with E-state index in [0.29, 0.717) is 17.5 Å². The van der Waals surface area contributed by atoms with Crippen LogP contribution in [0.1, 0.15) is 56.2 Å². The Hall–Kier alpha value is -7.06. The van der Waals surface area contributed by atoms with Gasteiger partial charge in [-0.2, -0.15) is 0 Å². The number of carboxylic acid groups (broad SMARTS) is 1.